The van der Waals surface area contributed by atoms with E-state index in [1.807, 2.05) is 29.7 Å². The molecule has 1 saturated heterocycles. The number of piperazine rings is 1. The maximum Gasteiger partial charge on any atom is 0.222 e. The van der Waals surface area contributed by atoms with Crippen LogP contribution >= 0.6 is 0 Å². The van der Waals surface area contributed by atoms with E-state index in [0.717, 1.165) is 24.3 Å². The Balaban J connectivity index is 1.74. The van der Waals surface area contributed by atoms with Crippen molar-refractivity contribution >= 4 is 15.7 Å². The van der Waals surface area contributed by atoms with Crippen LogP contribution in [0.4, 0.5) is 0 Å². The van der Waals surface area contributed by atoms with Gasteiger partial charge in [-0.1, -0.05) is 0 Å². The summed E-state index contributed by atoms with van der Waals surface area (Å²) >= 11 is 0. The minimum Gasteiger partial charge on any atom is -0.340 e. The number of aromatic nitrogens is 2. The van der Waals surface area contributed by atoms with E-state index in [-0.39, 0.29) is 11.7 Å². The Morgan fingerprint density at radius 2 is 1.91 bits per heavy atom. The molecule has 0 unspecified atom stereocenters. The number of amides is 1. The van der Waals surface area contributed by atoms with Crippen molar-refractivity contribution in [1.82, 2.24) is 19.6 Å². The highest BCUT2D eigenvalue weighted by Crippen LogP contribution is 2.11. The summed E-state index contributed by atoms with van der Waals surface area (Å²) in [4.78, 5) is 16.3. The largest absolute Gasteiger partial charge is 0.340 e. The van der Waals surface area contributed by atoms with Gasteiger partial charge in [0.05, 0.1) is 11.9 Å². The number of sulfone groups is 1. The number of rotatable bonds is 6. The molecule has 2 rings (SSSR count). The smallest absolute Gasteiger partial charge is 0.222 e. The van der Waals surface area contributed by atoms with Crippen LogP contribution in [0.15, 0.2) is 6.20 Å². The summed E-state index contributed by atoms with van der Waals surface area (Å²) < 4.78 is 24.2. The van der Waals surface area contributed by atoms with E-state index in [1.54, 1.807) is 0 Å². The average Bonchev–Trinajstić information content (AvgIpc) is 2.82. The van der Waals surface area contributed by atoms with Crippen LogP contribution in [0, 0.1) is 6.92 Å². The molecule has 0 bridgehead atoms. The van der Waals surface area contributed by atoms with Crippen LogP contribution in [-0.2, 0) is 28.1 Å². The number of nitrogens with zero attached hydrogens (tertiary/aromatic N) is 4. The second kappa shape index (κ2) is 7.44. The quantitative estimate of drug-likeness (QED) is 0.719. The normalized spacial score (nSPS) is 16.7. The van der Waals surface area contributed by atoms with Crippen LogP contribution in [-0.4, -0.2) is 78.6 Å². The fourth-order valence-corrected chi connectivity index (χ4v) is 3.29. The molecule has 2 heterocycles. The van der Waals surface area contributed by atoms with E-state index >= 15 is 0 Å². The third kappa shape index (κ3) is 5.31. The van der Waals surface area contributed by atoms with Crippen LogP contribution < -0.4 is 0 Å². The van der Waals surface area contributed by atoms with Gasteiger partial charge in [0.15, 0.2) is 0 Å². The Kier molecular flexibility index (Phi) is 5.80. The second-order valence-electron chi connectivity index (χ2n) is 6.23. The maximum atomic E-state index is 12.3. The summed E-state index contributed by atoms with van der Waals surface area (Å²) in [6.45, 7) is 5.40. The van der Waals surface area contributed by atoms with E-state index < -0.39 is 9.84 Å². The van der Waals surface area contributed by atoms with Gasteiger partial charge in [0.25, 0.3) is 0 Å². The first-order chi connectivity index (χ1) is 10.8. The van der Waals surface area contributed by atoms with Crippen molar-refractivity contribution in [1.29, 1.82) is 0 Å². The predicted molar refractivity (Wildman–Crippen MR) is 89.0 cm³/mol. The molecule has 0 radical (unpaired) electrons. The van der Waals surface area contributed by atoms with Gasteiger partial charge in [0, 0.05) is 58.1 Å². The Morgan fingerprint density at radius 1 is 1.26 bits per heavy atom. The topological polar surface area (TPSA) is 75.5 Å². The van der Waals surface area contributed by atoms with Gasteiger partial charge in [-0.2, -0.15) is 5.10 Å². The second-order valence-corrected chi connectivity index (χ2v) is 8.49. The molecule has 1 aliphatic rings. The first-order valence-electron chi connectivity index (χ1n) is 7.91. The summed E-state index contributed by atoms with van der Waals surface area (Å²) in [5.41, 5.74) is 2.22. The third-order valence-corrected chi connectivity index (χ3v) is 5.37. The zero-order valence-corrected chi connectivity index (χ0v) is 15.0. The van der Waals surface area contributed by atoms with Crippen LogP contribution in [0.1, 0.15) is 17.7 Å². The Morgan fingerprint density at radius 3 is 2.43 bits per heavy atom. The van der Waals surface area contributed by atoms with Gasteiger partial charge < -0.3 is 4.90 Å². The van der Waals surface area contributed by atoms with Crippen molar-refractivity contribution in [2.75, 3.05) is 44.7 Å². The molecule has 23 heavy (non-hydrogen) atoms. The molecule has 7 nitrogen and oxygen atoms in total. The van der Waals surface area contributed by atoms with Gasteiger partial charge in [-0.05, 0) is 18.9 Å². The fraction of sp³-hybridized carbons (Fsp3) is 0.733. The average molecular weight is 342 g/mol. The van der Waals surface area contributed by atoms with E-state index in [0.29, 0.717) is 32.5 Å². The molecule has 130 valence electrons. The van der Waals surface area contributed by atoms with Crippen molar-refractivity contribution in [3.8, 4) is 0 Å². The lowest BCUT2D eigenvalue weighted by molar-refractivity contribution is -0.132. The fourth-order valence-electron chi connectivity index (χ4n) is 2.71. The number of hydrogen-bond donors (Lipinski definition) is 0. The molecule has 0 spiro atoms. The molecular formula is C15H26N4O3S. The Hall–Kier alpha value is -1.41. The van der Waals surface area contributed by atoms with E-state index in [9.17, 15) is 13.2 Å². The first kappa shape index (κ1) is 17.9. The predicted octanol–water partition coefficient (Wildman–Crippen LogP) is -0.150. The highest BCUT2D eigenvalue weighted by molar-refractivity contribution is 7.90. The number of carbonyl (C=O) groups is 1. The van der Waals surface area contributed by atoms with Gasteiger partial charge in [0.1, 0.15) is 9.84 Å². The molecule has 1 aliphatic heterocycles. The third-order valence-electron chi connectivity index (χ3n) is 4.45. The lowest BCUT2D eigenvalue weighted by Gasteiger charge is -2.34. The number of carbonyl (C=O) groups excluding carboxylic acids is 1. The molecule has 8 heteroatoms. The molecule has 1 aromatic rings. The van der Waals surface area contributed by atoms with Crippen molar-refractivity contribution < 1.29 is 13.2 Å². The van der Waals surface area contributed by atoms with E-state index in [1.165, 1.54) is 6.26 Å². The highest BCUT2D eigenvalue weighted by Gasteiger charge is 2.21. The zero-order valence-electron chi connectivity index (χ0n) is 14.2. The van der Waals surface area contributed by atoms with E-state index in [2.05, 4.69) is 10.00 Å². The molecule has 0 N–H and O–H groups in total. The van der Waals surface area contributed by atoms with Crippen LogP contribution in [0.5, 0.6) is 0 Å². The van der Waals surface area contributed by atoms with Crippen molar-refractivity contribution in [3.05, 3.63) is 17.5 Å². The Bertz CT molecular complexity index is 646. The van der Waals surface area contributed by atoms with Gasteiger partial charge >= 0.3 is 0 Å². The van der Waals surface area contributed by atoms with Crippen molar-refractivity contribution in [3.63, 3.8) is 0 Å². The summed E-state index contributed by atoms with van der Waals surface area (Å²) in [6, 6.07) is 0. The summed E-state index contributed by atoms with van der Waals surface area (Å²) in [6.07, 6.45) is 4.29. The minimum absolute atomic E-state index is 0.163. The van der Waals surface area contributed by atoms with Gasteiger partial charge in [0.2, 0.25) is 5.91 Å². The summed E-state index contributed by atoms with van der Waals surface area (Å²) in [7, 11) is -1.03. The van der Waals surface area contributed by atoms with Crippen molar-refractivity contribution in [2.45, 2.75) is 19.8 Å². The lowest BCUT2D eigenvalue weighted by atomic mass is 10.1. The van der Waals surface area contributed by atoms with Gasteiger partial charge in [-0.25, -0.2) is 8.42 Å². The molecular weight excluding hydrogens is 316 g/mol. The zero-order chi connectivity index (χ0) is 17.0. The number of hydrogen-bond acceptors (Lipinski definition) is 5. The maximum absolute atomic E-state index is 12.3. The molecule has 1 amide bonds. The van der Waals surface area contributed by atoms with Crippen LogP contribution in [0.3, 0.4) is 0 Å². The molecule has 1 fully saturated rings. The monoisotopic (exact) mass is 342 g/mol. The molecule has 0 aromatic carbocycles. The Labute approximate surface area is 138 Å². The summed E-state index contributed by atoms with van der Waals surface area (Å²) in [5.74, 6) is 0.345. The molecule has 0 saturated carbocycles. The molecule has 1 aromatic heterocycles. The van der Waals surface area contributed by atoms with Crippen molar-refractivity contribution in [2.24, 2.45) is 7.05 Å². The number of aryl methyl sites for hydroxylation is 2. The lowest BCUT2D eigenvalue weighted by Crippen LogP contribution is -2.49. The summed E-state index contributed by atoms with van der Waals surface area (Å²) in [5, 5.41) is 4.19. The van der Waals surface area contributed by atoms with Crippen LogP contribution in [0.25, 0.3) is 0 Å². The SMILES string of the molecule is Cc1c(CCC(=O)N2CCN(CCS(C)(=O)=O)CC2)cnn1C. The first-order valence-corrected chi connectivity index (χ1v) is 9.97. The van der Waals surface area contributed by atoms with E-state index in [4.69, 9.17) is 0 Å². The molecule has 0 atom stereocenters. The highest BCUT2D eigenvalue weighted by atomic mass is 32.2. The standard InChI is InChI=1S/C15H26N4O3S/c1-13-14(12-16-17(13)2)4-5-15(20)19-8-6-18(7-9-19)10-11-23(3,21)22/h12H,4-11H2,1-3H3. The van der Waals surface area contributed by atoms with Gasteiger partial charge in [-0.3, -0.25) is 14.4 Å². The van der Waals surface area contributed by atoms with Gasteiger partial charge in [-0.15, -0.1) is 0 Å². The molecule has 0 aliphatic carbocycles. The van der Waals surface area contributed by atoms with Crippen LogP contribution in [0.2, 0.25) is 0 Å². The minimum atomic E-state index is -2.92.